The van der Waals surface area contributed by atoms with E-state index in [0.29, 0.717) is 0 Å². The van der Waals surface area contributed by atoms with Crippen LogP contribution in [-0.4, -0.2) is 125 Å². The number of carbonyl (C=O) groups excluding carboxylic acids is 4. The van der Waals surface area contributed by atoms with Crippen LogP contribution in [0.15, 0.2) is 46.2 Å². The Balaban J connectivity index is 0.00000100. The fourth-order valence-corrected chi connectivity index (χ4v) is 4.50. The minimum absolute atomic E-state index is 0. The van der Waals surface area contributed by atoms with Crippen LogP contribution in [0.4, 0.5) is 0 Å². The van der Waals surface area contributed by atoms with Gasteiger partial charge in [-0.05, 0) is 58.1 Å². The molecule has 0 atom stereocenters. The Kier molecular flexibility index (Phi) is 18.7. The average molecular weight is 908 g/mol. The molecule has 0 amide bonds. The molecule has 0 bridgehead atoms. The van der Waals surface area contributed by atoms with Crippen molar-refractivity contribution < 1.29 is 64.1 Å². The van der Waals surface area contributed by atoms with E-state index < -0.39 is 53.9 Å². The predicted octanol–water partition coefficient (Wildman–Crippen LogP) is 5.61. The van der Waals surface area contributed by atoms with E-state index in [9.17, 15) is 45.1 Å². The van der Waals surface area contributed by atoms with Gasteiger partial charge < -0.3 is 28.1 Å². The molecular weight excluding hydrogens is 858 g/mol. The zero-order valence-corrected chi connectivity index (χ0v) is 38.6. The Labute approximate surface area is 353 Å². The van der Waals surface area contributed by atoms with Gasteiger partial charge >= 0.3 is 72.8 Å². The van der Waals surface area contributed by atoms with Crippen LogP contribution < -0.4 is 0 Å². The second kappa shape index (κ2) is 19.5. The molecule has 2 rings (SSSR count). The number of carbonyl (C=O) groups is 4. The molecule has 0 aromatic heterocycles. The Hall–Kier alpha value is -2.29. The SMILES string of the molecule is CC(C)(C)COC(=O)c1cc(C(=O)OCC(C)(C)C)cc(S(=O)(=O)[O-])c1.CC(C)(C)COC(=O)c1cc(C(=O)OCC(C)(C)C)cc(S(=O)(=O)[O-])c1.[Ba+2]. The molecule has 0 aliphatic heterocycles. The number of benzene rings is 2. The third-order valence-corrected chi connectivity index (χ3v) is 7.50. The maximum atomic E-state index is 12.2. The van der Waals surface area contributed by atoms with E-state index in [0.717, 1.165) is 36.4 Å². The van der Waals surface area contributed by atoms with E-state index >= 15 is 0 Å². The van der Waals surface area contributed by atoms with Gasteiger partial charge in [-0.15, -0.1) is 0 Å². The Bertz CT molecular complexity index is 1610. The summed E-state index contributed by atoms with van der Waals surface area (Å²) in [6.07, 6.45) is 0. The predicted molar refractivity (Wildman–Crippen MR) is 194 cm³/mol. The molecule has 14 nitrogen and oxygen atoms in total. The van der Waals surface area contributed by atoms with Crippen LogP contribution in [0.2, 0.25) is 0 Å². The smallest absolute Gasteiger partial charge is 0.744 e. The van der Waals surface area contributed by atoms with Crippen LogP contribution in [0.5, 0.6) is 0 Å². The monoisotopic (exact) mass is 908 g/mol. The molecule has 292 valence electrons. The third-order valence-electron chi connectivity index (χ3n) is 5.88. The van der Waals surface area contributed by atoms with Gasteiger partial charge in [-0.1, -0.05) is 83.1 Å². The number of ether oxygens (including phenoxy) is 4. The second-order valence-electron chi connectivity index (χ2n) is 16.9. The fraction of sp³-hybridized carbons (Fsp3) is 0.556. The molecule has 2 aromatic carbocycles. The van der Waals surface area contributed by atoms with Crippen LogP contribution in [0.1, 0.15) is 125 Å². The Morgan fingerprint density at radius 1 is 0.434 bits per heavy atom. The van der Waals surface area contributed by atoms with Crippen molar-refractivity contribution in [3.8, 4) is 0 Å². The topological polar surface area (TPSA) is 220 Å². The van der Waals surface area contributed by atoms with Gasteiger partial charge in [0.15, 0.2) is 0 Å². The van der Waals surface area contributed by atoms with E-state index in [2.05, 4.69) is 0 Å². The first-order valence-corrected chi connectivity index (χ1v) is 18.9. The maximum absolute atomic E-state index is 12.2. The number of hydrogen-bond acceptors (Lipinski definition) is 14. The van der Waals surface area contributed by atoms with Crippen LogP contribution >= 0.6 is 0 Å². The van der Waals surface area contributed by atoms with Crippen molar-refractivity contribution in [2.75, 3.05) is 26.4 Å². The zero-order chi connectivity index (χ0) is 40.7. The first-order valence-electron chi connectivity index (χ1n) is 16.1. The largest absolute Gasteiger partial charge is 2.00 e. The van der Waals surface area contributed by atoms with Gasteiger partial charge in [0.25, 0.3) is 0 Å². The molecule has 0 N–H and O–H groups in total. The molecule has 17 heteroatoms. The molecule has 0 fully saturated rings. The van der Waals surface area contributed by atoms with Gasteiger partial charge in [-0.3, -0.25) is 0 Å². The standard InChI is InChI=1S/2C18H26O7S.Ba/c2*1-17(2,3)10-24-15(19)12-7-13(9-14(8-12)26(21,22)23)16(20)25-11-18(4,5)6;/h2*7-9H,10-11H2,1-6H3,(H,21,22,23);/q;;+2/p-2. The van der Waals surface area contributed by atoms with Crippen LogP contribution in [-0.2, 0) is 39.2 Å². The van der Waals surface area contributed by atoms with E-state index in [4.69, 9.17) is 18.9 Å². The molecule has 0 aliphatic rings. The molecule has 0 radical (unpaired) electrons. The minimum atomic E-state index is -4.87. The van der Waals surface area contributed by atoms with Crippen molar-refractivity contribution in [3.63, 3.8) is 0 Å². The summed E-state index contributed by atoms with van der Waals surface area (Å²) in [5, 5.41) is 0. The van der Waals surface area contributed by atoms with Crippen molar-refractivity contribution in [3.05, 3.63) is 58.7 Å². The quantitative estimate of drug-likeness (QED) is 0.122. The van der Waals surface area contributed by atoms with Crippen molar-refractivity contribution in [2.24, 2.45) is 21.7 Å². The first-order chi connectivity index (χ1) is 23.2. The molecule has 0 saturated carbocycles. The first kappa shape index (κ1) is 50.7. The summed E-state index contributed by atoms with van der Waals surface area (Å²) >= 11 is 0. The van der Waals surface area contributed by atoms with Gasteiger partial charge in [-0.25, -0.2) is 36.0 Å². The molecular formula is C36H50BaO14S2. The zero-order valence-electron chi connectivity index (χ0n) is 32.5. The average Bonchev–Trinajstić information content (AvgIpc) is 2.97. The van der Waals surface area contributed by atoms with Crippen LogP contribution in [0.3, 0.4) is 0 Å². The molecule has 53 heavy (non-hydrogen) atoms. The fourth-order valence-electron chi connectivity index (χ4n) is 3.42. The van der Waals surface area contributed by atoms with Gasteiger partial charge in [0, 0.05) is 0 Å². The van der Waals surface area contributed by atoms with Crippen molar-refractivity contribution in [2.45, 2.75) is 92.9 Å². The number of rotatable bonds is 10. The molecule has 2 aromatic rings. The van der Waals surface area contributed by atoms with E-state index in [1.807, 2.05) is 83.1 Å². The second-order valence-corrected chi connectivity index (χ2v) is 19.7. The Morgan fingerprint density at radius 3 is 0.736 bits per heavy atom. The molecule has 0 aliphatic carbocycles. The summed E-state index contributed by atoms with van der Waals surface area (Å²) in [7, 11) is -9.73. The normalized spacial score (nSPS) is 12.3. The summed E-state index contributed by atoms with van der Waals surface area (Å²) in [5.74, 6) is -3.30. The summed E-state index contributed by atoms with van der Waals surface area (Å²) in [4.78, 5) is 47.4. The summed E-state index contributed by atoms with van der Waals surface area (Å²) in [6.45, 7) is 22.6. The van der Waals surface area contributed by atoms with Gasteiger partial charge in [0.05, 0.1) is 58.5 Å². The van der Waals surface area contributed by atoms with Gasteiger partial charge in [-0.2, -0.15) is 0 Å². The Morgan fingerprint density at radius 2 is 0.604 bits per heavy atom. The summed E-state index contributed by atoms with van der Waals surface area (Å²) < 4.78 is 88.6. The maximum Gasteiger partial charge on any atom is 2.00 e. The summed E-state index contributed by atoms with van der Waals surface area (Å²) in [6, 6.07) is 5.90. The summed E-state index contributed by atoms with van der Waals surface area (Å²) in [5.41, 5.74) is -2.00. The van der Waals surface area contributed by atoms with Crippen molar-refractivity contribution in [1.82, 2.24) is 0 Å². The van der Waals surface area contributed by atoms with E-state index in [1.165, 1.54) is 0 Å². The minimum Gasteiger partial charge on any atom is -0.744 e. The number of hydrogen-bond donors (Lipinski definition) is 0. The number of esters is 4. The van der Waals surface area contributed by atoms with Gasteiger partial charge in [0.1, 0.15) is 20.2 Å². The molecule has 0 unspecified atom stereocenters. The van der Waals surface area contributed by atoms with Crippen molar-refractivity contribution >= 4 is 93.0 Å². The van der Waals surface area contributed by atoms with Crippen LogP contribution in [0.25, 0.3) is 0 Å². The third kappa shape index (κ3) is 20.8. The van der Waals surface area contributed by atoms with Crippen LogP contribution in [0, 0.1) is 21.7 Å². The van der Waals surface area contributed by atoms with E-state index in [-0.39, 0.29) is 119 Å². The molecule has 0 spiro atoms. The van der Waals surface area contributed by atoms with Crippen molar-refractivity contribution in [1.29, 1.82) is 0 Å². The molecule has 0 saturated heterocycles. The molecule has 0 heterocycles. The van der Waals surface area contributed by atoms with E-state index in [1.54, 1.807) is 0 Å². The van der Waals surface area contributed by atoms with Gasteiger partial charge in [0.2, 0.25) is 0 Å².